The van der Waals surface area contributed by atoms with Crippen LogP contribution < -0.4 is 0 Å². The number of rotatable bonds is 4. The van der Waals surface area contributed by atoms with Gasteiger partial charge in [-0.1, -0.05) is 165 Å². The molecule has 0 bridgehead atoms. The van der Waals surface area contributed by atoms with Gasteiger partial charge in [0, 0.05) is 34.4 Å². The Bertz CT molecular complexity index is 3200. The Morgan fingerprint density at radius 2 is 0.767 bits per heavy atom. The molecule has 0 unspecified atom stereocenters. The molecule has 0 saturated heterocycles. The molecule has 0 N–H and O–H groups in total. The topological polar surface area (TPSA) is 25.8 Å². The second-order valence-corrected chi connectivity index (χ2v) is 17.9. The van der Waals surface area contributed by atoms with Crippen LogP contribution in [-0.2, 0) is 10.8 Å². The van der Waals surface area contributed by atoms with E-state index >= 15 is 0 Å². The smallest absolute Gasteiger partial charge is 0.159 e. The molecule has 0 atom stereocenters. The van der Waals surface area contributed by atoms with Gasteiger partial charge in [-0.15, -0.1) is 0 Å². The summed E-state index contributed by atoms with van der Waals surface area (Å²) >= 11 is 0. The first-order chi connectivity index (χ1) is 29.7. The lowest BCUT2D eigenvalue weighted by Gasteiger charge is -2.28. The monoisotopic (exact) mass is 768 g/mol. The first-order valence-corrected chi connectivity index (χ1v) is 22.1. The van der Waals surface area contributed by atoms with Gasteiger partial charge >= 0.3 is 0 Å². The van der Waals surface area contributed by atoms with Gasteiger partial charge in [-0.25, -0.2) is 9.97 Å². The van der Waals surface area contributed by atoms with Crippen LogP contribution in [0.5, 0.6) is 0 Å². The first kappa shape index (κ1) is 34.2. The molecule has 2 heteroatoms. The zero-order valence-corrected chi connectivity index (χ0v) is 33.7. The van der Waals surface area contributed by atoms with Crippen LogP contribution in [0.3, 0.4) is 0 Å². The summed E-state index contributed by atoms with van der Waals surface area (Å²) in [6, 6.07) is 59.8. The van der Waals surface area contributed by atoms with Gasteiger partial charge < -0.3 is 0 Å². The quantitative estimate of drug-likeness (QED) is 0.167. The third-order valence-corrected chi connectivity index (χ3v) is 15.1. The number of fused-ring (bicyclic) bond motifs is 12. The predicted molar refractivity (Wildman–Crippen MR) is 248 cm³/mol. The second kappa shape index (κ2) is 12.9. The van der Waals surface area contributed by atoms with E-state index in [2.05, 4.69) is 140 Å². The van der Waals surface area contributed by atoms with Gasteiger partial charge in [-0.3, -0.25) is 0 Å². The first-order valence-electron chi connectivity index (χ1n) is 22.1. The van der Waals surface area contributed by atoms with Crippen molar-refractivity contribution >= 4 is 21.5 Å². The molecule has 1 heterocycles. The van der Waals surface area contributed by atoms with Crippen molar-refractivity contribution in [3.8, 4) is 67.0 Å². The molecule has 9 aromatic rings. The molecule has 1 aromatic heterocycles. The van der Waals surface area contributed by atoms with Crippen LogP contribution in [0, 0.1) is 0 Å². The standard InChI is InChI=1S/C58H44N2/c1-2-14-37(15-3-1)56-59-35-41(36-60-56)38-22-27-48-49(32-38)55(40-24-26-45-43-17-7-9-21-51(43)58(53(45)34-40)30-12-13-31-58)47-19-5-4-18-46(47)54(48)39-23-25-44-42-16-6-8-20-50(42)57(52(44)33-39)28-10-11-29-57/h1-9,14-27,32-36H,10-13,28-31H2. The van der Waals surface area contributed by atoms with E-state index in [1.165, 1.54) is 140 Å². The fourth-order valence-electron chi connectivity index (χ4n) is 12.4. The van der Waals surface area contributed by atoms with Crippen molar-refractivity contribution in [3.63, 3.8) is 0 Å². The van der Waals surface area contributed by atoms with Crippen LogP contribution in [0.15, 0.2) is 170 Å². The lowest BCUT2D eigenvalue weighted by molar-refractivity contribution is 0.550. The highest BCUT2D eigenvalue weighted by Gasteiger charge is 2.46. The molecule has 60 heavy (non-hydrogen) atoms. The van der Waals surface area contributed by atoms with E-state index in [9.17, 15) is 0 Å². The minimum atomic E-state index is 0.0919. The highest BCUT2D eigenvalue weighted by atomic mass is 14.9. The summed E-state index contributed by atoms with van der Waals surface area (Å²) in [4.78, 5) is 9.75. The van der Waals surface area contributed by atoms with Gasteiger partial charge in [-0.2, -0.15) is 0 Å². The van der Waals surface area contributed by atoms with E-state index in [4.69, 9.17) is 9.97 Å². The highest BCUT2D eigenvalue weighted by molar-refractivity contribution is 6.22. The number of aromatic nitrogens is 2. The Hall–Kier alpha value is -6.64. The molecule has 13 rings (SSSR count). The Morgan fingerprint density at radius 1 is 0.317 bits per heavy atom. The Morgan fingerprint density at radius 3 is 1.33 bits per heavy atom. The van der Waals surface area contributed by atoms with Crippen LogP contribution in [0.4, 0.5) is 0 Å². The minimum Gasteiger partial charge on any atom is -0.236 e. The molecule has 4 aliphatic carbocycles. The lowest BCUT2D eigenvalue weighted by atomic mass is 9.75. The average molecular weight is 769 g/mol. The van der Waals surface area contributed by atoms with Gasteiger partial charge in [0.15, 0.2) is 5.82 Å². The lowest BCUT2D eigenvalue weighted by Crippen LogP contribution is -2.20. The molecule has 0 aliphatic heterocycles. The van der Waals surface area contributed by atoms with Gasteiger partial charge in [0.1, 0.15) is 0 Å². The zero-order chi connectivity index (χ0) is 39.4. The van der Waals surface area contributed by atoms with E-state index < -0.39 is 0 Å². The van der Waals surface area contributed by atoms with Crippen molar-refractivity contribution in [2.75, 3.05) is 0 Å². The van der Waals surface area contributed by atoms with Crippen LogP contribution in [-0.4, -0.2) is 9.97 Å². The van der Waals surface area contributed by atoms with Crippen molar-refractivity contribution in [3.05, 3.63) is 192 Å². The molecule has 2 spiro atoms. The van der Waals surface area contributed by atoms with E-state index in [1.54, 1.807) is 0 Å². The van der Waals surface area contributed by atoms with Gasteiger partial charge in [-0.05, 0) is 138 Å². The Balaban J connectivity index is 1.06. The number of benzene rings is 8. The second-order valence-electron chi connectivity index (χ2n) is 17.9. The molecule has 2 fully saturated rings. The molecule has 2 nitrogen and oxygen atoms in total. The average Bonchev–Trinajstić information content (AvgIpc) is 4.12. The molecule has 0 radical (unpaired) electrons. The molecular weight excluding hydrogens is 725 g/mol. The molecule has 286 valence electrons. The van der Waals surface area contributed by atoms with Gasteiger partial charge in [0.2, 0.25) is 0 Å². The third-order valence-electron chi connectivity index (χ3n) is 15.1. The molecule has 2 saturated carbocycles. The summed E-state index contributed by atoms with van der Waals surface area (Å²) in [5, 5.41) is 5.15. The third kappa shape index (κ3) is 4.76. The number of hydrogen-bond donors (Lipinski definition) is 0. The van der Waals surface area contributed by atoms with Gasteiger partial charge in [0.05, 0.1) is 0 Å². The highest BCUT2D eigenvalue weighted by Crippen LogP contribution is 2.60. The summed E-state index contributed by atoms with van der Waals surface area (Å²) in [5.41, 5.74) is 20.4. The van der Waals surface area contributed by atoms with Crippen molar-refractivity contribution in [2.45, 2.75) is 62.2 Å². The normalized spacial score (nSPS) is 16.4. The van der Waals surface area contributed by atoms with Crippen molar-refractivity contribution < 1.29 is 0 Å². The van der Waals surface area contributed by atoms with Crippen molar-refractivity contribution in [1.82, 2.24) is 9.97 Å². The van der Waals surface area contributed by atoms with Crippen LogP contribution in [0.2, 0.25) is 0 Å². The van der Waals surface area contributed by atoms with E-state index in [0.717, 1.165) is 22.5 Å². The summed E-state index contributed by atoms with van der Waals surface area (Å²) in [5.74, 6) is 0.743. The minimum absolute atomic E-state index is 0.0919. The SMILES string of the molecule is c1ccc(-c2ncc(-c3ccc4c(-c5ccc6c(c5)C5(CCCC5)c5ccccc5-6)c5ccccc5c(-c5ccc6c(c5)C5(CCCC5)c5ccccc5-6)c4c3)cn2)cc1. The van der Waals surface area contributed by atoms with E-state index in [1.807, 2.05) is 30.6 Å². The maximum absolute atomic E-state index is 4.87. The maximum Gasteiger partial charge on any atom is 0.159 e. The van der Waals surface area contributed by atoms with E-state index in [-0.39, 0.29) is 10.8 Å². The Kier molecular flexibility index (Phi) is 7.38. The van der Waals surface area contributed by atoms with Crippen molar-refractivity contribution in [1.29, 1.82) is 0 Å². The summed E-state index contributed by atoms with van der Waals surface area (Å²) < 4.78 is 0. The Labute approximate surface area is 351 Å². The number of nitrogens with zero attached hydrogens (tertiary/aromatic N) is 2. The fraction of sp³-hybridized carbons (Fsp3) is 0.172. The fourth-order valence-corrected chi connectivity index (χ4v) is 12.4. The van der Waals surface area contributed by atoms with Crippen LogP contribution in [0.1, 0.15) is 73.6 Å². The van der Waals surface area contributed by atoms with Gasteiger partial charge in [0.25, 0.3) is 0 Å². The largest absolute Gasteiger partial charge is 0.236 e. The molecular formula is C58H44N2. The van der Waals surface area contributed by atoms with Crippen LogP contribution >= 0.6 is 0 Å². The van der Waals surface area contributed by atoms with Crippen LogP contribution in [0.25, 0.3) is 88.6 Å². The summed E-state index contributed by atoms with van der Waals surface area (Å²) in [6.07, 6.45) is 14.0. The zero-order valence-electron chi connectivity index (χ0n) is 33.7. The van der Waals surface area contributed by atoms with E-state index in [0.29, 0.717) is 0 Å². The summed E-state index contributed by atoms with van der Waals surface area (Å²) in [7, 11) is 0. The maximum atomic E-state index is 4.87. The summed E-state index contributed by atoms with van der Waals surface area (Å²) in [6.45, 7) is 0. The predicted octanol–water partition coefficient (Wildman–Crippen LogP) is 15.1. The molecule has 0 amide bonds. The number of hydrogen-bond acceptors (Lipinski definition) is 2. The molecule has 4 aliphatic rings. The molecule has 8 aromatic carbocycles. The van der Waals surface area contributed by atoms with Crippen molar-refractivity contribution in [2.24, 2.45) is 0 Å².